The molecule has 2 rings (SSSR count). The summed E-state index contributed by atoms with van der Waals surface area (Å²) < 4.78 is 18.5. The second-order valence-electron chi connectivity index (χ2n) is 4.77. The third kappa shape index (κ3) is 3.84. The smallest absolute Gasteiger partial charge is 0.237 e. The molecule has 0 radical (unpaired) electrons. The largest absolute Gasteiger partial charge is 0.496 e. The van der Waals surface area contributed by atoms with Crippen molar-refractivity contribution in [2.75, 3.05) is 13.7 Å². The zero-order chi connectivity index (χ0) is 13.8. The van der Waals surface area contributed by atoms with Gasteiger partial charge in [-0.05, 0) is 44.5 Å². The Bertz CT molecular complexity index is 464. The van der Waals surface area contributed by atoms with Crippen molar-refractivity contribution in [3.05, 3.63) is 29.6 Å². The van der Waals surface area contributed by atoms with Gasteiger partial charge in [-0.25, -0.2) is 4.39 Å². The number of hydrogen-bond acceptors (Lipinski definition) is 3. The van der Waals surface area contributed by atoms with Crippen molar-refractivity contribution < 1.29 is 13.9 Å². The second-order valence-corrected chi connectivity index (χ2v) is 4.77. The first-order chi connectivity index (χ1) is 9.11. The molecule has 0 aliphatic carbocycles. The Morgan fingerprint density at radius 3 is 2.90 bits per heavy atom. The molecule has 4 nitrogen and oxygen atoms in total. The molecule has 1 aliphatic rings. The fourth-order valence-electron chi connectivity index (χ4n) is 2.34. The molecule has 1 aromatic rings. The summed E-state index contributed by atoms with van der Waals surface area (Å²) in [6.07, 6.45) is 1.86. The Morgan fingerprint density at radius 2 is 2.30 bits per heavy atom. The molecule has 0 saturated carbocycles. The van der Waals surface area contributed by atoms with Gasteiger partial charge in [0.25, 0.3) is 0 Å². The summed E-state index contributed by atoms with van der Waals surface area (Å²) in [6, 6.07) is 3.88. The first-order valence-electron chi connectivity index (χ1n) is 6.49. The summed E-state index contributed by atoms with van der Waals surface area (Å²) in [5.74, 6) is 0.195. The molecule has 1 amide bonds. The normalized spacial score (nSPS) is 19.1. The molecular weight excluding hydrogens is 283 g/mol. The van der Waals surface area contributed by atoms with Crippen molar-refractivity contribution in [1.82, 2.24) is 10.6 Å². The molecule has 112 valence electrons. The first kappa shape index (κ1) is 16.7. The molecule has 1 heterocycles. The number of benzene rings is 1. The summed E-state index contributed by atoms with van der Waals surface area (Å²) in [5, 5.41) is 6.03. The van der Waals surface area contributed by atoms with E-state index in [1.807, 2.05) is 6.92 Å². The van der Waals surface area contributed by atoms with Crippen LogP contribution in [-0.2, 0) is 4.79 Å². The fourth-order valence-corrected chi connectivity index (χ4v) is 2.34. The van der Waals surface area contributed by atoms with Crippen molar-refractivity contribution in [3.8, 4) is 5.75 Å². The van der Waals surface area contributed by atoms with Crippen LogP contribution in [-0.4, -0.2) is 25.6 Å². The van der Waals surface area contributed by atoms with Gasteiger partial charge in [0.2, 0.25) is 5.91 Å². The summed E-state index contributed by atoms with van der Waals surface area (Å²) in [6.45, 7) is 2.69. The average molecular weight is 303 g/mol. The minimum atomic E-state index is -0.337. The molecule has 2 N–H and O–H groups in total. The quantitative estimate of drug-likeness (QED) is 0.896. The molecule has 0 bridgehead atoms. The third-order valence-electron chi connectivity index (χ3n) is 3.39. The predicted octanol–water partition coefficient (Wildman–Crippen LogP) is 2.19. The Labute approximate surface area is 124 Å². The minimum absolute atomic E-state index is 0. The molecule has 2 unspecified atom stereocenters. The number of amides is 1. The van der Waals surface area contributed by atoms with E-state index in [1.165, 1.54) is 19.2 Å². The van der Waals surface area contributed by atoms with E-state index in [1.54, 1.807) is 6.07 Å². The predicted molar refractivity (Wildman–Crippen MR) is 77.8 cm³/mol. The van der Waals surface area contributed by atoms with Gasteiger partial charge in [-0.2, -0.15) is 0 Å². The van der Waals surface area contributed by atoms with Gasteiger partial charge >= 0.3 is 0 Å². The number of ether oxygens (including phenoxy) is 1. The van der Waals surface area contributed by atoms with Crippen LogP contribution in [0, 0.1) is 5.82 Å². The van der Waals surface area contributed by atoms with E-state index in [2.05, 4.69) is 10.6 Å². The number of carbonyl (C=O) groups is 1. The number of carbonyl (C=O) groups excluding carboxylic acids is 1. The topological polar surface area (TPSA) is 50.4 Å². The summed E-state index contributed by atoms with van der Waals surface area (Å²) in [5.41, 5.74) is 0.647. The highest BCUT2D eigenvalue weighted by molar-refractivity contribution is 5.85. The molecule has 6 heteroatoms. The SMILES string of the molecule is COc1ccc(F)cc1C(C)NC(=O)C1CCCN1.Cl. The third-order valence-corrected chi connectivity index (χ3v) is 3.39. The second kappa shape index (κ2) is 7.45. The standard InChI is InChI=1S/C14H19FN2O2.ClH/c1-9(17-14(18)12-4-3-7-16-12)11-8-10(15)5-6-13(11)19-2;/h5-6,8-9,12,16H,3-4,7H2,1-2H3,(H,17,18);1H. The highest BCUT2D eigenvalue weighted by atomic mass is 35.5. The summed E-state index contributed by atoms with van der Waals surface area (Å²) in [4.78, 5) is 12.0. The highest BCUT2D eigenvalue weighted by Gasteiger charge is 2.24. The minimum Gasteiger partial charge on any atom is -0.496 e. The maximum atomic E-state index is 13.3. The lowest BCUT2D eigenvalue weighted by atomic mass is 10.1. The van der Waals surface area contributed by atoms with Crippen LogP contribution < -0.4 is 15.4 Å². The molecule has 20 heavy (non-hydrogen) atoms. The number of hydrogen-bond donors (Lipinski definition) is 2. The Kier molecular flexibility index (Phi) is 6.23. The van der Waals surface area contributed by atoms with E-state index >= 15 is 0 Å². The highest BCUT2D eigenvalue weighted by Crippen LogP contribution is 2.26. The van der Waals surface area contributed by atoms with Crippen LogP contribution >= 0.6 is 12.4 Å². The maximum absolute atomic E-state index is 13.3. The first-order valence-corrected chi connectivity index (χ1v) is 6.49. The van der Waals surface area contributed by atoms with Crippen molar-refractivity contribution in [1.29, 1.82) is 0 Å². The number of methoxy groups -OCH3 is 1. The summed E-state index contributed by atoms with van der Waals surface area (Å²) in [7, 11) is 1.53. The molecule has 1 aromatic carbocycles. The van der Waals surface area contributed by atoms with E-state index in [0.717, 1.165) is 19.4 Å². The maximum Gasteiger partial charge on any atom is 0.237 e. The Balaban J connectivity index is 0.00000200. The molecule has 1 saturated heterocycles. The Hall–Kier alpha value is -1.33. The van der Waals surface area contributed by atoms with Crippen molar-refractivity contribution in [2.24, 2.45) is 0 Å². The van der Waals surface area contributed by atoms with E-state index < -0.39 is 0 Å². The van der Waals surface area contributed by atoms with Crippen LogP contribution in [0.25, 0.3) is 0 Å². The number of nitrogens with one attached hydrogen (secondary N) is 2. The van der Waals surface area contributed by atoms with Crippen LogP contribution in [0.4, 0.5) is 4.39 Å². The molecule has 2 atom stereocenters. The zero-order valence-electron chi connectivity index (χ0n) is 11.6. The van der Waals surface area contributed by atoms with Gasteiger partial charge in [-0.15, -0.1) is 12.4 Å². The van der Waals surface area contributed by atoms with Gasteiger partial charge in [0.1, 0.15) is 11.6 Å². The number of halogens is 2. The lowest BCUT2D eigenvalue weighted by Gasteiger charge is -2.19. The molecular formula is C14H20ClFN2O2. The number of rotatable bonds is 4. The molecule has 0 aromatic heterocycles. The lowest BCUT2D eigenvalue weighted by molar-refractivity contribution is -0.123. The van der Waals surface area contributed by atoms with Gasteiger partial charge in [0, 0.05) is 5.56 Å². The molecule has 1 fully saturated rings. The van der Waals surface area contributed by atoms with E-state index in [0.29, 0.717) is 11.3 Å². The van der Waals surface area contributed by atoms with Crippen molar-refractivity contribution >= 4 is 18.3 Å². The van der Waals surface area contributed by atoms with Crippen LogP contribution in [0.5, 0.6) is 5.75 Å². The molecule has 0 spiro atoms. The van der Waals surface area contributed by atoms with Gasteiger partial charge in [0.15, 0.2) is 0 Å². The van der Waals surface area contributed by atoms with Gasteiger partial charge in [-0.1, -0.05) is 0 Å². The van der Waals surface area contributed by atoms with E-state index in [9.17, 15) is 9.18 Å². The Morgan fingerprint density at radius 1 is 1.55 bits per heavy atom. The van der Waals surface area contributed by atoms with E-state index in [-0.39, 0.29) is 36.2 Å². The lowest BCUT2D eigenvalue weighted by Crippen LogP contribution is -2.41. The van der Waals surface area contributed by atoms with Crippen LogP contribution in [0.2, 0.25) is 0 Å². The average Bonchev–Trinajstić information content (AvgIpc) is 2.92. The van der Waals surface area contributed by atoms with Gasteiger partial charge < -0.3 is 15.4 Å². The van der Waals surface area contributed by atoms with Crippen molar-refractivity contribution in [3.63, 3.8) is 0 Å². The zero-order valence-corrected chi connectivity index (χ0v) is 12.4. The van der Waals surface area contributed by atoms with Crippen LogP contribution in [0.15, 0.2) is 18.2 Å². The fraction of sp³-hybridized carbons (Fsp3) is 0.500. The molecule has 1 aliphatic heterocycles. The van der Waals surface area contributed by atoms with Crippen LogP contribution in [0.3, 0.4) is 0 Å². The van der Waals surface area contributed by atoms with Crippen molar-refractivity contribution in [2.45, 2.75) is 31.8 Å². The van der Waals surface area contributed by atoms with Crippen LogP contribution in [0.1, 0.15) is 31.4 Å². The monoisotopic (exact) mass is 302 g/mol. The van der Waals surface area contributed by atoms with Gasteiger partial charge in [-0.3, -0.25) is 4.79 Å². The van der Waals surface area contributed by atoms with E-state index in [4.69, 9.17) is 4.74 Å². The van der Waals surface area contributed by atoms with Gasteiger partial charge in [0.05, 0.1) is 19.2 Å². The summed E-state index contributed by atoms with van der Waals surface area (Å²) >= 11 is 0.